The van der Waals surface area contributed by atoms with Crippen molar-refractivity contribution < 1.29 is 14.6 Å². The lowest BCUT2D eigenvalue weighted by Gasteiger charge is -2.00. The Labute approximate surface area is 145 Å². The van der Waals surface area contributed by atoms with Gasteiger partial charge in [-0.1, -0.05) is 85.0 Å². The molecule has 0 fully saturated rings. The Morgan fingerprint density at radius 3 is 1.43 bits per heavy atom. The van der Waals surface area contributed by atoms with E-state index in [2.05, 4.69) is 20.8 Å². The van der Waals surface area contributed by atoms with Crippen LogP contribution >= 0.6 is 0 Å². The third-order valence-corrected chi connectivity index (χ3v) is 3.78. The van der Waals surface area contributed by atoms with Gasteiger partial charge in [0.2, 0.25) is 0 Å². The first-order chi connectivity index (χ1) is 11.2. The summed E-state index contributed by atoms with van der Waals surface area (Å²) < 4.78 is 5.31. The Hall–Kier alpha value is -0.570. The SMILES string of the molecule is CCCCCCCCCCCC(=O)O.CCCCOCCCC. The third kappa shape index (κ3) is 30.0. The zero-order valence-corrected chi connectivity index (χ0v) is 16.1. The summed E-state index contributed by atoms with van der Waals surface area (Å²) in [6.45, 7) is 8.51. The Bertz CT molecular complexity index is 211. The molecule has 1 N–H and O–H groups in total. The number of unbranched alkanes of at least 4 members (excludes halogenated alkanes) is 10. The van der Waals surface area contributed by atoms with Gasteiger partial charge in [-0.25, -0.2) is 0 Å². The molecule has 0 heterocycles. The van der Waals surface area contributed by atoms with Gasteiger partial charge < -0.3 is 9.84 Å². The quantitative estimate of drug-likeness (QED) is 0.324. The molecule has 0 aliphatic heterocycles. The van der Waals surface area contributed by atoms with Crippen LogP contribution in [0.4, 0.5) is 0 Å². The van der Waals surface area contributed by atoms with Gasteiger partial charge in [-0.15, -0.1) is 0 Å². The zero-order chi connectivity index (χ0) is 17.6. The van der Waals surface area contributed by atoms with E-state index >= 15 is 0 Å². The van der Waals surface area contributed by atoms with E-state index in [0.29, 0.717) is 6.42 Å². The summed E-state index contributed by atoms with van der Waals surface area (Å²) in [5.41, 5.74) is 0. The van der Waals surface area contributed by atoms with Crippen molar-refractivity contribution in [3.63, 3.8) is 0 Å². The van der Waals surface area contributed by atoms with Crippen LogP contribution in [-0.4, -0.2) is 24.3 Å². The molecule has 0 aromatic heterocycles. The van der Waals surface area contributed by atoms with Crippen molar-refractivity contribution in [2.75, 3.05) is 13.2 Å². The van der Waals surface area contributed by atoms with E-state index in [4.69, 9.17) is 9.84 Å². The summed E-state index contributed by atoms with van der Waals surface area (Å²) >= 11 is 0. The number of hydrogen-bond donors (Lipinski definition) is 1. The average molecular weight is 331 g/mol. The minimum atomic E-state index is -0.659. The fourth-order valence-electron chi connectivity index (χ4n) is 2.18. The molecule has 0 bridgehead atoms. The molecule has 0 aromatic carbocycles. The maximum absolute atomic E-state index is 10.2. The molecule has 3 nitrogen and oxygen atoms in total. The van der Waals surface area contributed by atoms with E-state index in [-0.39, 0.29) is 0 Å². The van der Waals surface area contributed by atoms with Crippen LogP contribution in [0, 0.1) is 0 Å². The number of aliphatic carboxylic acids is 1. The number of carboxylic acid groups (broad SMARTS) is 1. The topological polar surface area (TPSA) is 46.5 Å². The highest BCUT2D eigenvalue weighted by Gasteiger charge is 1.96. The van der Waals surface area contributed by atoms with Gasteiger partial charge in [0.15, 0.2) is 0 Å². The fraction of sp³-hybridized carbons (Fsp3) is 0.950. The van der Waals surface area contributed by atoms with Crippen molar-refractivity contribution in [1.82, 2.24) is 0 Å². The third-order valence-electron chi connectivity index (χ3n) is 3.78. The van der Waals surface area contributed by atoms with Crippen LogP contribution < -0.4 is 0 Å². The molecular formula is C20H42O3. The Kier molecular flexibility index (Phi) is 25.4. The second kappa shape index (κ2) is 23.7. The first kappa shape index (κ1) is 24.7. The molecule has 0 aliphatic carbocycles. The van der Waals surface area contributed by atoms with E-state index < -0.39 is 5.97 Å². The van der Waals surface area contributed by atoms with E-state index in [0.717, 1.165) is 26.1 Å². The second-order valence-corrected chi connectivity index (χ2v) is 6.29. The van der Waals surface area contributed by atoms with Gasteiger partial charge in [-0.2, -0.15) is 0 Å². The minimum Gasteiger partial charge on any atom is -0.481 e. The summed E-state index contributed by atoms with van der Waals surface area (Å²) in [6, 6.07) is 0. The molecule has 0 radical (unpaired) electrons. The van der Waals surface area contributed by atoms with Crippen molar-refractivity contribution in [2.45, 2.75) is 111 Å². The van der Waals surface area contributed by atoms with Crippen LogP contribution in [0.2, 0.25) is 0 Å². The molecule has 3 heteroatoms. The first-order valence-electron chi connectivity index (χ1n) is 9.98. The minimum absolute atomic E-state index is 0.343. The number of carboxylic acids is 1. The summed E-state index contributed by atoms with van der Waals surface area (Å²) in [6.07, 6.45) is 16.4. The monoisotopic (exact) mass is 330 g/mol. The number of carbonyl (C=O) groups is 1. The van der Waals surface area contributed by atoms with E-state index in [9.17, 15) is 4.79 Å². The maximum atomic E-state index is 10.2. The highest BCUT2D eigenvalue weighted by Crippen LogP contribution is 2.10. The van der Waals surface area contributed by atoms with Gasteiger partial charge >= 0.3 is 5.97 Å². The molecular weight excluding hydrogens is 288 g/mol. The lowest BCUT2D eigenvalue weighted by atomic mass is 10.1. The Morgan fingerprint density at radius 2 is 1.04 bits per heavy atom. The van der Waals surface area contributed by atoms with E-state index in [1.54, 1.807) is 0 Å². The highest BCUT2D eigenvalue weighted by molar-refractivity contribution is 5.66. The molecule has 0 amide bonds. The van der Waals surface area contributed by atoms with E-state index in [1.165, 1.54) is 70.6 Å². The van der Waals surface area contributed by atoms with Gasteiger partial charge in [-0.3, -0.25) is 4.79 Å². The molecule has 0 spiro atoms. The van der Waals surface area contributed by atoms with Crippen LogP contribution in [0.3, 0.4) is 0 Å². The Morgan fingerprint density at radius 1 is 0.652 bits per heavy atom. The summed E-state index contributed by atoms with van der Waals surface area (Å²) in [5.74, 6) is -0.659. The van der Waals surface area contributed by atoms with Gasteiger partial charge in [0, 0.05) is 19.6 Å². The zero-order valence-electron chi connectivity index (χ0n) is 16.1. The second-order valence-electron chi connectivity index (χ2n) is 6.29. The van der Waals surface area contributed by atoms with Crippen LogP contribution in [0.1, 0.15) is 111 Å². The molecule has 140 valence electrons. The predicted octanol–water partition coefficient (Wildman–Crippen LogP) is 6.60. The van der Waals surface area contributed by atoms with Gasteiger partial charge in [0.05, 0.1) is 0 Å². The largest absolute Gasteiger partial charge is 0.481 e. The summed E-state index contributed by atoms with van der Waals surface area (Å²) in [7, 11) is 0. The van der Waals surface area contributed by atoms with Crippen molar-refractivity contribution in [3.8, 4) is 0 Å². The summed E-state index contributed by atoms with van der Waals surface area (Å²) in [4.78, 5) is 10.2. The standard InChI is InChI=1S/C12H24O2.C8H18O/c1-2-3-4-5-6-7-8-9-10-11-12(13)14;1-3-5-7-9-8-6-4-2/h2-11H2,1H3,(H,13,14);3-8H2,1-2H3. The predicted molar refractivity (Wildman–Crippen MR) is 100 cm³/mol. The van der Waals surface area contributed by atoms with Crippen LogP contribution in [-0.2, 0) is 9.53 Å². The normalized spacial score (nSPS) is 10.2. The lowest BCUT2D eigenvalue weighted by Crippen LogP contribution is -1.95. The van der Waals surface area contributed by atoms with Crippen LogP contribution in [0.25, 0.3) is 0 Å². The molecule has 0 saturated carbocycles. The van der Waals surface area contributed by atoms with Gasteiger partial charge in [0.1, 0.15) is 0 Å². The number of ether oxygens (including phenoxy) is 1. The molecule has 0 unspecified atom stereocenters. The van der Waals surface area contributed by atoms with Gasteiger partial charge in [-0.05, 0) is 19.3 Å². The molecule has 0 atom stereocenters. The van der Waals surface area contributed by atoms with Crippen LogP contribution in [0.5, 0.6) is 0 Å². The smallest absolute Gasteiger partial charge is 0.303 e. The molecule has 0 saturated heterocycles. The Balaban J connectivity index is 0. The summed E-state index contributed by atoms with van der Waals surface area (Å²) in [5, 5.41) is 8.41. The van der Waals surface area contributed by atoms with E-state index in [1.807, 2.05) is 0 Å². The van der Waals surface area contributed by atoms with Crippen molar-refractivity contribution in [3.05, 3.63) is 0 Å². The molecule has 0 rings (SSSR count). The maximum Gasteiger partial charge on any atom is 0.303 e. The molecule has 0 aromatic rings. The van der Waals surface area contributed by atoms with Crippen molar-refractivity contribution in [2.24, 2.45) is 0 Å². The number of rotatable bonds is 16. The first-order valence-corrected chi connectivity index (χ1v) is 9.98. The number of hydrogen-bond acceptors (Lipinski definition) is 2. The fourth-order valence-corrected chi connectivity index (χ4v) is 2.18. The van der Waals surface area contributed by atoms with Crippen LogP contribution in [0.15, 0.2) is 0 Å². The molecule has 0 aliphatic rings. The highest BCUT2D eigenvalue weighted by atomic mass is 16.5. The van der Waals surface area contributed by atoms with Crippen molar-refractivity contribution >= 4 is 5.97 Å². The van der Waals surface area contributed by atoms with Crippen molar-refractivity contribution in [1.29, 1.82) is 0 Å². The lowest BCUT2D eigenvalue weighted by molar-refractivity contribution is -0.137. The van der Waals surface area contributed by atoms with Gasteiger partial charge in [0.25, 0.3) is 0 Å². The molecule has 23 heavy (non-hydrogen) atoms. The average Bonchev–Trinajstić information content (AvgIpc) is 2.54.